The Labute approximate surface area is 160 Å². The summed E-state index contributed by atoms with van der Waals surface area (Å²) in [7, 11) is 0. The van der Waals surface area contributed by atoms with E-state index in [1.807, 2.05) is 13.8 Å². The SMILES string of the molecule is Cc1cc(C)cc([Se]c2c(C(C)C)c(=O)[nH]c(=S)n2CCCCO)c1. The molecule has 0 radical (unpaired) electrons. The number of rotatable bonds is 7. The molecule has 0 bridgehead atoms. The number of aliphatic hydroxyl groups excluding tert-OH is 1. The zero-order valence-electron chi connectivity index (χ0n) is 15.3. The molecule has 25 heavy (non-hydrogen) atoms. The number of aromatic amines is 1. The van der Waals surface area contributed by atoms with Crippen molar-refractivity contribution in [3.05, 3.63) is 50.0 Å². The maximum atomic E-state index is 12.5. The first-order valence-electron chi connectivity index (χ1n) is 8.57. The molecule has 0 aliphatic carbocycles. The minimum absolute atomic E-state index is 0.00256. The summed E-state index contributed by atoms with van der Waals surface area (Å²) < 4.78 is 4.86. The van der Waals surface area contributed by atoms with Gasteiger partial charge in [0.1, 0.15) is 0 Å². The van der Waals surface area contributed by atoms with E-state index in [1.54, 1.807) is 0 Å². The molecule has 0 saturated carbocycles. The van der Waals surface area contributed by atoms with Crippen molar-refractivity contribution in [1.82, 2.24) is 9.55 Å². The number of nitrogens with one attached hydrogen (secondary N) is 1. The van der Waals surface area contributed by atoms with E-state index in [1.165, 1.54) is 15.6 Å². The Bertz CT molecular complexity index is 835. The third-order valence-corrected chi connectivity index (χ3v) is 6.60. The summed E-state index contributed by atoms with van der Waals surface area (Å²) in [6.07, 6.45) is 1.57. The Morgan fingerprint density at radius 1 is 1.20 bits per heavy atom. The molecule has 1 aromatic heterocycles. The van der Waals surface area contributed by atoms with Crippen molar-refractivity contribution in [3.8, 4) is 0 Å². The van der Waals surface area contributed by atoms with Crippen LogP contribution in [0.5, 0.6) is 0 Å². The van der Waals surface area contributed by atoms with Gasteiger partial charge in [0.05, 0.1) is 0 Å². The first kappa shape index (κ1) is 20.1. The van der Waals surface area contributed by atoms with Gasteiger partial charge in [-0.3, -0.25) is 0 Å². The Morgan fingerprint density at radius 3 is 2.40 bits per heavy atom. The van der Waals surface area contributed by atoms with Gasteiger partial charge < -0.3 is 0 Å². The van der Waals surface area contributed by atoms with E-state index in [9.17, 15) is 4.79 Å². The molecule has 2 aromatic rings. The quantitative estimate of drug-likeness (QED) is 0.406. The molecule has 136 valence electrons. The summed E-state index contributed by atoms with van der Waals surface area (Å²) in [5, 5.41) is 9.08. The monoisotopic (exact) mass is 426 g/mol. The van der Waals surface area contributed by atoms with Gasteiger partial charge in [0.25, 0.3) is 0 Å². The van der Waals surface area contributed by atoms with Gasteiger partial charge in [0, 0.05) is 0 Å². The Kier molecular flexibility index (Phi) is 7.20. The minimum atomic E-state index is -0.0698. The van der Waals surface area contributed by atoms with Crippen molar-refractivity contribution < 1.29 is 5.11 Å². The van der Waals surface area contributed by atoms with Crippen LogP contribution in [-0.2, 0) is 6.54 Å². The van der Waals surface area contributed by atoms with Crippen molar-refractivity contribution in [1.29, 1.82) is 0 Å². The third-order valence-electron chi connectivity index (χ3n) is 3.96. The summed E-state index contributed by atoms with van der Waals surface area (Å²) in [4.78, 5) is 15.4. The summed E-state index contributed by atoms with van der Waals surface area (Å²) in [5.41, 5.74) is 3.23. The van der Waals surface area contributed by atoms with E-state index in [-0.39, 0.29) is 33.0 Å². The van der Waals surface area contributed by atoms with Crippen molar-refractivity contribution in [2.24, 2.45) is 0 Å². The van der Waals surface area contributed by atoms with Gasteiger partial charge in [-0.2, -0.15) is 0 Å². The van der Waals surface area contributed by atoms with Crippen molar-refractivity contribution in [3.63, 3.8) is 0 Å². The number of unbranched alkanes of at least 4 members (excludes halogenated alkanes) is 1. The van der Waals surface area contributed by atoms with Crippen LogP contribution in [0.3, 0.4) is 0 Å². The molecule has 0 unspecified atom stereocenters. The van der Waals surface area contributed by atoms with Gasteiger partial charge in [-0.1, -0.05) is 0 Å². The van der Waals surface area contributed by atoms with Crippen LogP contribution >= 0.6 is 12.2 Å². The van der Waals surface area contributed by atoms with Crippen LogP contribution in [0, 0.1) is 18.6 Å². The normalized spacial score (nSPS) is 11.3. The second kappa shape index (κ2) is 8.95. The molecule has 2 N–H and O–H groups in total. The molecular weight excluding hydrogens is 399 g/mol. The Hall–Kier alpha value is -1.20. The first-order chi connectivity index (χ1) is 11.8. The van der Waals surface area contributed by atoms with Gasteiger partial charge >= 0.3 is 161 Å². The van der Waals surface area contributed by atoms with E-state index < -0.39 is 0 Å². The number of benzene rings is 1. The number of aromatic nitrogens is 2. The molecule has 0 amide bonds. The zero-order chi connectivity index (χ0) is 18.6. The molecule has 2 rings (SSSR count). The number of aliphatic hydroxyl groups is 1. The number of nitrogens with zero attached hydrogens (tertiary/aromatic N) is 1. The number of H-pyrrole nitrogens is 1. The number of hydrogen-bond donors (Lipinski definition) is 2. The van der Waals surface area contributed by atoms with Crippen LogP contribution in [0.2, 0.25) is 0 Å². The summed E-state index contributed by atoms with van der Waals surface area (Å²) >= 11 is 5.44. The fraction of sp³-hybridized carbons (Fsp3) is 0.474. The van der Waals surface area contributed by atoms with Crippen molar-refractivity contribution in [2.75, 3.05) is 6.61 Å². The van der Waals surface area contributed by atoms with Crippen LogP contribution in [0.15, 0.2) is 23.0 Å². The third kappa shape index (κ3) is 5.14. The average Bonchev–Trinajstić information content (AvgIpc) is 2.48. The van der Waals surface area contributed by atoms with Crippen LogP contribution in [-0.4, -0.2) is 36.2 Å². The average molecular weight is 425 g/mol. The van der Waals surface area contributed by atoms with Crippen LogP contribution in [0.25, 0.3) is 0 Å². The summed E-state index contributed by atoms with van der Waals surface area (Å²) in [6.45, 7) is 9.19. The van der Waals surface area contributed by atoms with E-state index in [2.05, 4.69) is 41.6 Å². The second-order valence-corrected chi connectivity index (χ2v) is 9.26. The van der Waals surface area contributed by atoms with E-state index >= 15 is 0 Å². The molecule has 0 aliphatic rings. The first-order valence-corrected chi connectivity index (χ1v) is 10.7. The predicted octanol–water partition coefficient (Wildman–Crippen LogP) is 2.07. The summed E-state index contributed by atoms with van der Waals surface area (Å²) in [6, 6.07) is 6.55. The van der Waals surface area contributed by atoms with Gasteiger partial charge in [-0.25, -0.2) is 0 Å². The molecular formula is C19H26N2O2SSe. The molecule has 0 aliphatic heterocycles. The van der Waals surface area contributed by atoms with Crippen LogP contribution in [0.4, 0.5) is 0 Å². The predicted molar refractivity (Wildman–Crippen MR) is 107 cm³/mol. The zero-order valence-corrected chi connectivity index (χ0v) is 17.8. The molecule has 4 nitrogen and oxygen atoms in total. The standard InChI is InChI=1S/C19H26N2O2SSe/c1-12(2)16-17(23)20-19(24)21(7-5-6-8-22)18(16)25-15-10-13(3)9-14(4)11-15/h9-12,22H,5-8H2,1-4H3,(H,20,23,24). The maximum absolute atomic E-state index is 12.5. The molecule has 1 heterocycles. The fourth-order valence-corrected chi connectivity index (χ4v) is 6.31. The van der Waals surface area contributed by atoms with Crippen LogP contribution < -0.4 is 14.6 Å². The molecule has 0 fully saturated rings. The molecule has 0 spiro atoms. The van der Waals surface area contributed by atoms with E-state index in [0.29, 0.717) is 4.77 Å². The summed E-state index contributed by atoms with van der Waals surface area (Å²) in [5.74, 6) is 0.131. The molecule has 0 saturated heterocycles. The fourth-order valence-electron chi connectivity index (χ4n) is 2.87. The van der Waals surface area contributed by atoms with Crippen molar-refractivity contribution >= 4 is 36.2 Å². The Balaban J connectivity index is 2.58. The molecule has 0 atom stereocenters. The van der Waals surface area contributed by atoms with Crippen molar-refractivity contribution in [2.45, 2.75) is 53.0 Å². The van der Waals surface area contributed by atoms with E-state index in [4.69, 9.17) is 17.3 Å². The Morgan fingerprint density at radius 2 is 1.84 bits per heavy atom. The number of hydrogen-bond acceptors (Lipinski definition) is 3. The van der Waals surface area contributed by atoms with Gasteiger partial charge in [0.2, 0.25) is 0 Å². The van der Waals surface area contributed by atoms with Crippen LogP contribution in [0.1, 0.15) is 49.3 Å². The second-order valence-electron chi connectivity index (χ2n) is 6.64. The topological polar surface area (TPSA) is 58.0 Å². The van der Waals surface area contributed by atoms with Gasteiger partial charge in [-0.05, 0) is 0 Å². The number of aryl methyl sites for hydroxylation is 2. The van der Waals surface area contributed by atoms with Gasteiger partial charge in [-0.15, -0.1) is 0 Å². The van der Waals surface area contributed by atoms with Gasteiger partial charge in [0.15, 0.2) is 0 Å². The molecule has 6 heteroatoms. The molecule has 1 aromatic carbocycles. The van der Waals surface area contributed by atoms with E-state index in [0.717, 1.165) is 29.5 Å².